The zero-order chi connectivity index (χ0) is 15.7. The SMILES string of the molecule is Cc1ccc(S(=O)(=O)Nc2cc(C)cc3cccnc23)nc1. The highest BCUT2D eigenvalue weighted by molar-refractivity contribution is 7.92. The Morgan fingerprint density at radius 3 is 2.55 bits per heavy atom. The molecule has 0 amide bonds. The minimum absolute atomic E-state index is 0.0105. The molecular formula is C16H15N3O2S. The van der Waals surface area contributed by atoms with Crippen molar-refractivity contribution in [1.82, 2.24) is 9.97 Å². The number of hydrogen-bond acceptors (Lipinski definition) is 4. The second-order valence-corrected chi connectivity index (χ2v) is 6.80. The Balaban J connectivity index is 2.07. The third-order valence-corrected chi connectivity index (χ3v) is 4.53. The van der Waals surface area contributed by atoms with Gasteiger partial charge in [0.25, 0.3) is 10.0 Å². The summed E-state index contributed by atoms with van der Waals surface area (Å²) < 4.78 is 27.5. The van der Waals surface area contributed by atoms with Crippen molar-refractivity contribution in [1.29, 1.82) is 0 Å². The first-order chi connectivity index (χ1) is 10.5. The molecule has 0 saturated carbocycles. The highest BCUT2D eigenvalue weighted by atomic mass is 32.2. The number of benzene rings is 1. The molecule has 3 aromatic rings. The molecule has 1 aromatic carbocycles. The molecule has 0 bridgehead atoms. The number of fused-ring (bicyclic) bond motifs is 1. The molecule has 5 nitrogen and oxygen atoms in total. The minimum atomic E-state index is -3.74. The van der Waals surface area contributed by atoms with E-state index in [1.54, 1.807) is 18.3 Å². The molecule has 0 radical (unpaired) electrons. The van der Waals surface area contributed by atoms with Gasteiger partial charge in [-0.2, -0.15) is 8.42 Å². The number of nitrogens with one attached hydrogen (secondary N) is 1. The van der Waals surface area contributed by atoms with Crippen LogP contribution in [0.3, 0.4) is 0 Å². The Morgan fingerprint density at radius 1 is 1.00 bits per heavy atom. The number of rotatable bonds is 3. The molecular weight excluding hydrogens is 298 g/mol. The summed E-state index contributed by atoms with van der Waals surface area (Å²) in [6, 6.07) is 10.7. The number of aromatic nitrogens is 2. The van der Waals surface area contributed by atoms with Gasteiger partial charge in [0.1, 0.15) is 0 Å². The molecule has 1 N–H and O–H groups in total. The molecule has 0 aliphatic rings. The molecule has 2 heterocycles. The van der Waals surface area contributed by atoms with Gasteiger partial charge in [-0.3, -0.25) is 9.71 Å². The van der Waals surface area contributed by atoms with Crippen molar-refractivity contribution in [3.63, 3.8) is 0 Å². The summed E-state index contributed by atoms with van der Waals surface area (Å²) in [5.41, 5.74) is 2.93. The average Bonchev–Trinajstić information content (AvgIpc) is 2.47. The van der Waals surface area contributed by atoms with Crippen molar-refractivity contribution in [2.24, 2.45) is 0 Å². The van der Waals surface area contributed by atoms with Crippen LogP contribution in [0.2, 0.25) is 0 Å². The molecule has 3 rings (SSSR count). The Hall–Kier alpha value is -2.47. The fourth-order valence-electron chi connectivity index (χ4n) is 2.23. The van der Waals surface area contributed by atoms with Crippen molar-refractivity contribution >= 4 is 26.6 Å². The van der Waals surface area contributed by atoms with Crippen LogP contribution in [0.25, 0.3) is 10.9 Å². The zero-order valence-corrected chi connectivity index (χ0v) is 13.1. The van der Waals surface area contributed by atoms with E-state index in [2.05, 4.69) is 14.7 Å². The fourth-order valence-corrected chi connectivity index (χ4v) is 3.22. The van der Waals surface area contributed by atoms with E-state index in [1.807, 2.05) is 32.0 Å². The standard InChI is InChI=1S/C16H15N3O2S/c1-11-5-6-15(18-10-11)22(20,21)19-14-9-12(2)8-13-4-3-7-17-16(13)14/h3-10,19H,1-2H3. The van der Waals surface area contributed by atoms with Crippen molar-refractivity contribution in [2.75, 3.05) is 4.72 Å². The van der Waals surface area contributed by atoms with E-state index in [4.69, 9.17) is 0 Å². The first kappa shape index (κ1) is 14.5. The lowest BCUT2D eigenvalue weighted by atomic mass is 10.1. The van der Waals surface area contributed by atoms with E-state index in [1.165, 1.54) is 12.3 Å². The minimum Gasteiger partial charge on any atom is -0.276 e. The van der Waals surface area contributed by atoms with E-state index >= 15 is 0 Å². The highest BCUT2D eigenvalue weighted by Crippen LogP contribution is 2.25. The number of hydrogen-bond donors (Lipinski definition) is 1. The van der Waals surface area contributed by atoms with Gasteiger partial charge in [-0.05, 0) is 49.2 Å². The van der Waals surface area contributed by atoms with Crippen LogP contribution in [0.5, 0.6) is 0 Å². The van der Waals surface area contributed by atoms with Crippen molar-refractivity contribution < 1.29 is 8.42 Å². The van der Waals surface area contributed by atoms with E-state index < -0.39 is 10.0 Å². The second-order valence-electron chi connectivity index (χ2n) is 5.17. The molecule has 0 saturated heterocycles. The lowest BCUT2D eigenvalue weighted by Crippen LogP contribution is -2.15. The van der Waals surface area contributed by atoms with Crippen LogP contribution in [0.4, 0.5) is 5.69 Å². The van der Waals surface area contributed by atoms with Crippen molar-refractivity contribution in [3.05, 3.63) is 59.9 Å². The molecule has 6 heteroatoms. The van der Waals surface area contributed by atoms with Crippen LogP contribution >= 0.6 is 0 Å². The molecule has 22 heavy (non-hydrogen) atoms. The number of pyridine rings is 2. The number of aryl methyl sites for hydroxylation is 2. The maximum Gasteiger partial charge on any atom is 0.279 e. The number of anilines is 1. The zero-order valence-electron chi connectivity index (χ0n) is 12.2. The average molecular weight is 313 g/mol. The highest BCUT2D eigenvalue weighted by Gasteiger charge is 2.17. The van der Waals surface area contributed by atoms with Crippen LogP contribution in [0.15, 0.2) is 53.8 Å². The van der Waals surface area contributed by atoms with Gasteiger partial charge < -0.3 is 0 Å². The van der Waals surface area contributed by atoms with Gasteiger partial charge in [0.15, 0.2) is 5.03 Å². The lowest BCUT2D eigenvalue weighted by Gasteiger charge is -2.11. The van der Waals surface area contributed by atoms with Crippen molar-refractivity contribution in [2.45, 2.75) is 18.9 Å². The first-order valence-electron chi connectivity index (χ1n) is 6.76. The van der Waals surface area contributed by atoms with Crippen LogP contribution in [0.1, 0.15) is 11.1 Å². The largest absolute Gasteiger partial charge is 0.279 e. The van der Waals surface area contributed by atoms with Gasteiger partial charge in [-0.1, -0.05) is 12.1 Å². The van der Waals surface area contributed by atoms with Gasteiger partial charge in [-0.15, -0.1) is 0 Å². The molecule has 0 unspecified atom stereocenters. The van der Waals surface area contributed by atoms with Crippen LogP contribution in [-0.2, 0) is 10.0 Å². The van der Waals surface area contributed by atoms with E-state index in [0.29, 0.717) is 11.2 Å². The van der Waals surface area contributed by atoms with Crippen LogP contribution in [-0.4, -0.2) is 18.4 Å². The fraction of sp³-hybridized carbons (Fsp3) is 0.125. The molecule has 0 atom stereocenters. The van der Waals surface area contributed by atoms with Gasteiger partial charge in [0.05, 0.1) is 11.2 Å². The molecule has 112 valence electrons. The Kier molecular flexibility index (Phi) is 3.54. The lowest BCUT2D eigenvalue weighted by molar-refractivity contribution is 0.597. The summed E-state index contributed by atoms with van der Waals surface area (Å²) in [7, 11) is -3.74. The maximum atomic E-state index is 12.5. The maximum absolute atomic E-state index is 12.5. The molecule has 0 fully saturated rings. The van der Waals surface area contributed by atoms with Gasteiger partial charge in [0.2, 0.25) is 0 Å². The summed E-state index contributed by atoms with van der Waals surface area (Å²) in [5.74, 6) is 0. The van der Waals surface area contributed by atoms with Crippen LogP contribution < -0.4 is 4.72 Å². The third-order valence-electron chi connectivity index (χ3n) is 3.25. The molecule has 2 aromatic heterocycles. The molecule has 0 aliphatic heterocycles. The topological polar surface area (TPSA) is 72.0 Å². The smallest absolute Gasteiger partial charge is 0.276 e. The Bertz CT molecular complexity index is 935. The monoisotopic (exact) mass is 313 g/mol. The normalized spacial score (nSPS) is 11.5. The van der Waals surface area contributed by atoms with E-state index in [0.717, 1.165) is 16.5 Å². The second kappa shape index (κ2) is 5.38. The number of nitrogens with zero attached hydrogens (tertiary/aromatic N) is 2. The first-order valence-corrected chi connectivity index (χ1v) is 8.25. The summed E-state index contributed by atoms with van der Waals surface area (Å²) >= 11 is 0. The quantitative estimate of drug-likeness (QED) is 0.806. The molecule has 0 aliphatic carbocycles. The predicted octanol–water partition coefficient (Wildman–Crippen LogP) is 3.05. The summed E-state index contributed by atoms with van der Waals surface area (Å²) in [4.78, 5) is 8.24. The number of sulfonamides is 1. The third kappa shape index (κ3) is 2.78. The Labute approximate surface area is 129 Å². The summed E-state index contributed by atoms with van der Waals surface area (Å²) in [5, 5.41) is 0.876. The summed E-state index contributed by atoms with van der Waals surface area (Å²) in [6.07, 6.45) is 3.17. The van der Waals surface area contributed by atoms with Gasteiger partial charge >= 0.3 is 0 Å². The van der Waals surface area contributed by atoms with Gasteiger partial charge in [-0.25, -0.2) is 4.98 Å². The Morgan fingerprint density at radius 2 is 1.82 bits per heavy atom. The van der Waals surface area contributed by atoms with Gasteiger partial charge in [0, 0.05) is 17.8 Å². The van der Waals surface area contributed by atoms with Crippen LogP contribution in [0, 0.1) is 13.8 Å². The van der Waals surface area contributed by atoms with Crippen molar-refractivity contribution in [3.8, 4) is 0 Å². The van der Waals surface area contributed by atoms with E-state index in [-0.39, 0.29) is 5.03 Å². The summed E-state index contributed by atoms with van der Waals surface area (Å²) in [6.45, 7) is 3.77. The van der Waals surface area contributed by atoms with E-state index in [9.17, 15) is 8.42 Å². The molecule has 0 spiro atoms. The predicted molar refractivity (Wildman–Crippen MR) is 86.3 cm³/mol.